The van der Waals surface area contributed by atoms with Crippen LogP contribution in [0.15, 0.2) is 39.9 Å². The van der Waals surface area contributed by atoms with Gasteiger partial charge in [-0.3, -0.25) is 0 Å². The maximum atomic E-state index is 12.3. The lowest BCUT2D eigenvalue weighted by molar-refractivity contribution is 0.580. The molecule has 19 heavy (non-hydrogen) atoms. The van der Waals surface area contributed by atoms with E-state index in [1.165, 1.54) is 0 Å². The highest BCUT2D eigenvalue weighted by molar-refractivity contribution is 7.89. The lowest BCUT2D eigenvalue weighted by atomic mass is 10.2. The van der Waals surface area contributed by atoms with Gasteiger partial charge in [-0.1, -0.05) is 18.2 Å². The maximum absolute atomic E-state index is 12.3. The highest BCUT2D eigenvalue weighted by Gasteiger charge is 2.17. The number of nitrogens with one attached hydrogen (secondary N) is 1. The average Bonchev–Trinajstić information content (AvgIpc) is 2.82. The molecule has 0 bridgehead atoms. The summed E-state index contributed by atoms with van der Waals surface area (Å²) in [5, 5.41) is 3.95. The minimum Gasteiger partial charge on any atom is -0.207 e. The van der Waals surface area contributed by atoms with Gasteiger partial charge in [0.15, 0.2) is 0 Å². The second-order valence-electron chi connectivity index (χ2n) is 4.15. The van der Waals surface area contributed by atoms with Crippen molar-refractivity contribution < 1.29 is 8.42 Å². The first-order valence-corrected chi connectivity index (χ1v) is 8.66. The van der Waals surface area contributed by atoms with Crippen LogP contribution < -0.4 is 4.72 Å². The van der Waals surface area contributed by atoms with Gasteiger partial charge >= 0.3 is 0 Å². The number of rotatable bonds is 5. The third-order valence-electron chi connectivity index (χ3n) is 2.82. The fourth-order valence-electron chi connectivity index (χ4n) is 1.69. The van der Waals surface area contributed by atoms with E-state index in [9.17, 15) is 8.42 Å². The first-order valence-electron chi connectivity index (χ1n) is 5.70. The summed E-state index contributed by atoms with van der Waals surface area (Å²) in [5.74, 6) is 0.175. The monoisotopic (exact) mass is 315 g/mol. The molecule has 3 nitrogen and oxygen atoms in total. The number of hydrogen-bond acceptors (Lipinski definition) is 3. The van der Waals surface area contributed by atoms with Crippen LogP contribution in [0.1, 0.15) is 16.7 Å². The Hall–Kier alpha value is -0.880. The number of sulfonamides is 1. The summed E-state index contributed by atoms with van der Waals surface area (Å²) in [7, 11) is -3.53. The molecular weight excluding hydrogens is 302 g/mol. The van der Waals surface area contributed by atoms with Crippen LogP contribution in [-0.4, -0.2) is 8.42 Å². The zero-order chi connectivity index (χ0) is 13.9. The molecule has 6 heteroatoms. The first-order chi connectivity index (χ1) is 9.04. The minimum atomic E-state index is -3.53. The second-order valence-corrected chi connectivity index (χ2v) is 6.89. The Morgan fingerprint density at radius 3 is 2.58 bits per heavy atom. The van der Waals surface area contributed by atoms with E-state index in [0.29, 0.717) is 12.1 Å². The lowest BCUT2D eigenvalue weighted by Gasteiger charge is -2.09. The van der Waals surface area contributed by atoms with E-state index in [4.69, 9.17) is 11.6 Å². The van der Waals surface area contributed by atoms with Crippen LogP contribution in [0.25, 0.3) is 0 Å². The molecule has 1 aromatic carbocycles. The summed E-state index contributed by atoms with van der Waals surface area (Å²) in [6, 6.07) is 6.76. The van der Waals surface area contributed by atoms with E-state index >= 15 is 0 Å². The van der Waals surface area contributed by atoms with Gasteiger partial charge in [0.1, 0.15) is 0 Å². The van der Waals surface area contributed by atoms with Gasteiger partial charge in [-0.15, -0.1) is 11.6 Å². The van der Waals surface area contributed by atoms with Crippen molar-refractivity contribution in [2.45, 2.75) is 24.2 Å². The Bertz CT molecular complexity index is 665. The molecule has 0 fully saturated rings. The van der Waals surface area contributed by atoms with E-state index in [0.717, 1.165) is 11.1 Å². The van der Waals surface area contributed by atoms with E-state index < -0.39 is 10.0 Å². The molecule has 0 aliphatic carbocycles. The summed E-state index contributed by atoms with van der Waals surface area (Å²) in [5.41, 5.74) is 2.70. The summed E-state index contributed by atoms with van der Waals surface area (Å²) in [6.45, 7) is 2.27. The van der Waals surface area contributed by atoms with Crippen molar-refractivity contribution in [1.29, 1.82) is 0 Å². The Labute approximate surface area is 122 Å². The first kappa shape index (κ1) is 14.5. The lowest BCUT2D eigenvalue weighted by Crippen LogP contribution is -2.24. The number of thiophene rings is 1. The van der Waals surface area contributed by atoms with E-state index in [1.807, 2.05) is 17.7 Å². The van der Waals surface area contributed by atoms with Crippen LogP contribution in [0.2, 0.25) is 0 Å². The van der Waals surface area contributed by atoms with E-state index in [1.54, 1.807) is 35.6 Å². The molecule has 0 unspecified atom stereocenters. The van der Waals surface area contributed by atoms with Crippen molar-refractivity contribution >= 4 is 33.0 Å². The zero-order valence-corrected chi connectivity index (χ0v) is 12.8. The predicted molar refractivity (Wildman–Crippen MR) is 79.1 cm³/mol. The second kappa shape index (κ2) is 6.05. The van der Waals surface area contributed by atoms with Crippen LogP contribution in [0.4, 0.5) is 0 Å². The normalized spacial score (nSPS) is 11.7. The molecule has 1 N–H and O–H groups in total. The van der Waals surface area contributed by atoms with Gasteiger partial charge in [0.2, 0.25) is 10.0 Å². The average molecular weight is 316 g/mol. The van der Waals surface area contributed by atoms with Crippen molar-refractivity contribution in [2.75, 3.05) is 0 Å². The molecule has 1 heterocycles. The Morgan fingerprint density at radius 2 is 1.95 bits per heavy atom. The van der Waals surface area contributed by atoms with E-state index in [2.05, 4.69) is 4.72 Å². The molecule has 0 aliphatic rings. The molecule has 0 saturated heterocycles. The van der Waals surface area contributed by atoms with Crippen molar-refractivity contribution in [1.82, 2.24) is 4.72 Å². The largest absolute Gasteiger partial charge is 0.241 e. The van der Waals surface area contributed by atoms with Gasteiger partial charge in [-0.25, -0.2) is 13.1 Å². The Morgan fingerprint density at radius 1 is 1.21 bits per heavy atom. The summed E-state index contributed by atoms with van der Waals surface area (Å²) >= 11 is 7.34. The molecule has 102 valence electrons. The highest BCUT2D eigenvalue weighted by atomic mass is 35.5. The van der Waals surface area contributed by atoms with Crippen LogP contribution in [0.3, 0.4) is 0 Å². The van der Waals surface area contributed by atoms with E-state index in [-0.39, 0.29) is 10.8 Å². The van der Waals surface area contributed by atoms with Crippen molar-refractivity contribution in [2.24, 2.45) is 0 Å². The van der Waals surface area contributed by atoms with Crippen molar-refractivity contribution in [3.05, 3.63) is 51.7 Å². The molecule has 2 rings (SSSR count). The fraction of sp³-hybridized carbons (Fsp3) is 0.231. The third-order valence-corrected chi connectivity index (χ3v) is 5.52. The molecular formula is C13H14ClNO2S2. The van der Waals surface area contributed by atoms with Crippen LogP contribution >= 0.6 is 22.9 Å². The zero-order valence-electron chi connectivity index (χ0n) is 10.4. The fourth-order valence-corrected chi connectivity index (χ4v) is 4.11. The smallest absolute Gasteiger partial charge is 0.207 e. The summed E-state index contributed by atoms with van der Waals surface area (Å²) < 4.78 is 27.1. The molecule has 0 saturated carbocycles. The Balaban J connectivity index is 2.21. The predicted octanol–water partition coefficient (Wildman–Crippen LogP) is 3.27. The Kier molecular flexibility index (Phi) is 4.62. The summed E-state index contributed by atoms with van der Waals surface area (Å²) in [6.07, 6.45) is 0. The maximum Gasteiger partial charge on any atom is 0.241 e. The summed E-state index contributed by atoms with van der Waals surface area (Å²) in [4.78, 5) is 0.248. The third kappa shape index (κ3) is 3.36. The van der Waals surface area contributed by atoms with Crippen LogP contribution in [0, 0.1) is 6.92 Å². The SMILES string of the molecule is Cc1cscc1CNS(=O)(=O)c1ccccc1CCl. The minimum absolute atomic E-state index is 0.175. The topological polar surface area (TPSA) is 46.2 Å². The molecule has 0 aliphatic heterocycles. The number of halogens is 1. The van der Waals surface area contributed by atoms with Gasteiger partial charge in [-0.05, 0) is 40.4 Å². The van der Waals surface area contributed by atoms with Crippen LogP contribution in [0.5, 0.6) is 0 Å². The van der Waals surface area contributed by atoms with Crippen molar-refractivity contribution in [3.63, 3.8) is 0 Å². The molecule has 0 radical (unpaired) electrons. The molecule has 0 amide bonds. The standard InChI is InChI=1S/C13H14ClNO2S2/c1-10-8-18-9-12(10)7-15-19(16,17)13-5-3-2-4-11(13)6-14/h2-5,8-9,15H,6-7H2,1H3. The number of hydrogen-bond donors (Lipinski definition) is 1. The number of alkyl halides is 1. The molecule has 0 spiro atoms. The van der Waals surface area contributed by atoms with Crippen LogP contribution in [-0.2, 0) is 22.4 Å². The van der Waals surface area contributed by atoms with Gasteiger partial charge in [-0.2, -0.15) is 11.3 Å². The molecule has 0 atom stereocenters. The highest BCUT2D eigenvalue weighted by Crippen LogP contribution is 2.19. The molecule has 1 aromatic heterocycles. The van der Waals surface area contributed by atoms with Gasteiger partial charge in [0, 0.05) is 12.4 Å². The number of aryl methyl sites for hydroxylation is 1. The molecule has 2 aromatic rings. The van der Waals surface area contributed by atoms with Gasteiger partial charge < -0.3 is 0 Å². The quantitative estimate of drug-likeness (QED) is 0.861. The van der Waals surface area contributed by atoms with Gasteiger partial charge in [0.05, 0.1) is 4.90 Å². The van der Waals surface area contributed by atoms with Gasteiger partial charge in [0.25, 0.3) is 0 Å². The van der Waals surface area contributed by atoms with Crippen molar-refractivity contribution in [3.8, 4) is 0 Å². The number of benzene rings is 1.